The fourth-order valence-corrected chi connectivity index (χ4v) is 1.75. The lowest BCUT2D eigenvalue weighted by Crippen LogP contribution is -2.03. The van der Waals surface area contributed by atoms with Crippen LogP contribution in [0, 0.1) is 0 Å². The Kier molecular flexibility index (Phi) is 4.10. The van der Waals surface area contributed by atoms with Gasteiger partial charge in [0.05, 0.1) is 31.2 Å². The monoisotopic (exact) mass is 272 g/mol. The molecule has 0 amide bonds. The Morgan fingerprint density at radius 2 is 1.80 bits per heavy atom. The topological polar surface area (TPSA) is 73.6 Å². The van der Waals surface area contributed by atoms with E-state index < -0.39 is 5.97 Å². The third-order valence-electron chi connectivity index (χ3n) is 2.84. The van der Waals surface area contributed by atoms with Crippen LogP contribution in [0.1, 0.15) is 10.4 Å². The van der Waals surface area contributed by atoms with E-state index >= 15 is 0 Å². The van der Waals surface area contributed by atoms with Gasteiger partial charge in [0.15, 0.2) is 0 Å². The van der Waals surface area contributed by atoms with Crippen molar-refractivity contribution in [2.75, 3.05) is 25.3 Å². The second kappa shape index (κ2) is 5.97. The average Bonchev–Trinajstić information content (AvgIpc) is 2.49. The van der Waals surface area contributed by atoms with Crippen molar-refractivity contribution >= 4 is 23.0 Å². The minimum Gasteiger partial charge on any atom is -0.497 e. The summed E-state index contributed by atoms with van der Waals surface area (Å²) >= 11 is 0. The number of nitrogen functional groups attached to an aromatic ring is 1. The lowest BCUT2D eigenvalue weighted by atomic mass is 10.1. The van der Waals surface area contributed by atoms with Gasteiger partial charge in [-0.25, -0.2) is 4.79 Å². The first-order valence-corrected chi connectivity index (χ1v) is 6.03. The van der Waals surface area contributed by atoms with Crippen molar-refractivity contribution in [1.82, 2.24) is 0 Å². The lowest BCUT2D eigenvalue weighted by molar-refractivity contribution is 0.0601. The molecule has 5 nitrogen and oxygen atoms in total. The molecule has 0 bridgehead atoms. The highest BCUT2D eigenvalue weighted by atomic mass is 16.5. The summed E-state index contributed by atoms with van der Waals surface area (Å²) < 4.78 is 9.74. The summed E-state index contributed by atoms with van der Waals surface area (Å²) in [7, 11) is 2.95. The van der Waals surface area contributed by atoms with Crippen LogP contribution in [0.3, 0.4) is 0 Å². The van der Waals surface area contributed by atoms with Crippen molar-refractivity contribution in [3.8, 4) is 5.75 Å². The summed E-state index contributed by atoms with van der Waals surface area (Å²) in [4.78, 5) is 11.4. The van der Waals surface area contributed by atoms with Crippen molar-refractivity contribution in [2.45, 2.75) is 0 Å². The van der Waals surface area contributed by atoms with Gasteiger partial charge in [-0.1, -0.05) is 0 Å². The molecule has 0 spiro atoms. The van der Waals surface area contributed by atoms with Gasteiger partial charge in [0.1, 0.15) is 5.75 Å². The van der Waals surface area contributed by atoms with Gasteiger partial charge in [-0.15, -0.1) is 0 Å². The largest absolute Gasteiger partial charge is 0.497 e. The van der Waals surface area contributed by atoms with Gasteiger partial charge in [0, 0.05) is 5.69 Å². The van der Waals surface area contributed by atoms with Crippen LogP contribution in [-0.2, 0) is 4.74 Å². The Balaban J connectivity index is 2.18. The summed E-state index contributed by atoms with van der Waals surface area (Å²) in [6.07, 6.45) is 0. The standard InChI is InChI=1S/C15H16N2O3/c1-19-12-6-4-11(5-7-12)17-14-8-3-10(9-13(14)16)15(18)20-2/h3-9,17H,16H2,1-2H3. The maximum Gasteiger partial charge on any atom is 0.337 e. The molecule has 0 atom stereocenters. The van der Waals surface area contributed by atoms with Crippen molar-refractivity contribution in [3.63, 3.8) is 0 Å². The van der Waals surface area contributed by atoms with Crippen LogP contribution in [-0.4, -0.2) is 20.2 Å². The Morgan fingerprint density at radius 3 is 2.35 bits per heavy atom. The van der Waals surface area contributed by atoms with Crippen LogP contribution in [0.4, 0.5) is 17.1 Å². The van der Waals surface area contributed by atoms with Crippen molar-refractivity contribution in [1.29, 1.82) is 0 Å². The Morgan fingerprint density at radius 1 is 1.10 bits per heavy atom. The van der Waals surface area contributed by atoms with Crippen molar-refractivity contribution < 1.29 is 14.3 Å². The summed E-state index contributed by atoms with van der Waals surface area (Å²) in [5.74, 6) is 0.372. The molecule has 0 aromatic heterocycles. The summed E-state index contributed by atoms with van der Waals surface area (Å²) in [5, 5.41) is 3.17. The van der Waals surface area contributed by atoms with E-state index in [4.69, 9.17) is 10.5 Å². The van der Waals surface area contributed by atoms with Crippen molar-refractivity contribution in [3.05, 3.63) is 48.0 Å². The highest BCUT2D eigenvalue weighted by Crippen LogP contribution is 2.25. The number of rotatable bonds is 4. The molecule has 0 saturated heterocycles. The van der Waals surface area contributed by atoms with Crippen LogP contribution in [0.5, 0.6) is 5.75 Å². The van der Waals surface area contributed by atoms with Gasteiger partial charge in [-0.2, -0.15) is 0 Å². The van der Waals surface area contributed by atoms with E-state index in [1.165, 1.54) is 7.11 Å². The molecule has 20 heavy (non-hydrogen) atoms. The Hall–Kier alpha value is -2.69. The molecule has 0 unspecified atom stereocenters. The Bertz CT molecular complexity index is 609. The quantitative estimate of drug-likeness (QED) is 0.661. The van der Waals surface area contributed by atoms with E-state index in [-0.39, 0.29) is 0 Å². The molecule has 104 valence electrons. The van der Waals surface area contributed by atoms with E-state index in [1.54, 1.807) is 25.3 Å². The van der Waals surface area contributed by atoms with Crippen LogP contribution < -0.4 is 15.8 Å². The Labute approximate surface area is 117 Å². The zero-order valence-corrected chi connectivity index (χ0v) is 11.3. The molecular formula is C15H16N2O3. The molecule has 5 heteroatoms. The molecule has 0 aliphatic heterocycles. The van der Waals surface area contributed by atoms with Crippen LogP contribution in [0.15, 0.2) is 42.5 Å². The lowest BCUT2D eigenvalue weighted by Gasteiger charge is -2.11. The molecule has 0 aliphatic carbocycles. The van der Waals surface area contributed by atoms with Gasteiger partial charge in [-0.3, -0.25) is 0 Å². The zero-order chi connectivity index (χ0) is 14.5. The third-order valence-corrected chi connectivity index (χ3v) is 2.84. The minimum absolute atomic E-state index is 0.410. The van der Waals surface area contributed by atoms with Gasteiger partial charge in [0.2, 0.25) is 0 Å². The van der Waals surface area contributed by atoms with E-state index in [1.807, 2.05) is 24.3 Å². The molecular weight excluding hydrogens is 256 g/mol. The number of esters is 1. The molecule has 0 heterocycles. The minimum atomic E-state index is -0.410. The molecule has 2 aromatic rings. The number of anilines is 3. The van der Waals surface area contributed by atoms with E-state index in [0.717, 1.165) is 17.1 Å². The van der Waals surface area contributed by atoms with Gasteiger partial charge in [0.25, 0.3) is 0 Å². The smallest absolute Gasteiger partial charge is 0.337 e. The number of hydrogen-bond donors (Lipinski definition) is 2. The van der Waals surface area contributed by atoms with E-state index in [9.17, 15) is 4.79 Å². The SMILES string of the molecule is COC(=O)c1ccc(Nc2ccc(OC)cc2)c(N)c1. The van der Waals surface area contributed by atoms with Crippen molar-refractivity contribution in [2.24, 2.45) is 0 Å². The third kappa shape index (κ3) is 3.00. The molecule has 0 fully saturated rings. The highest BCUT2D eigenvalue weighted by Gasteiger charge is 2.08. The molecule has 0 radical (unpaired) electrons. The molecule has 3 N–H and O–H groups in total. The zero-order valence-electron chi connectivity index (χ0n) is 11.3. The predicted octanol–water partition coefficient (Wildman–Crippen LogP) is 2.81. The second-order valence-corrected chi connectivity index (χ2v) is 4.15. The number of methoxy groups -OCH3 is 2. The molecule has 0 aliphatic rings. The summed E-state index contributed by atoms with van der Waals surface area (Å²) in [6, 6.07) is 12.4. The normalized spacial score (nSPS) is 9.90. The number of carbonyl (C=O) groups excluding carboxylic acids is 1. The molecule has 2 aromatic carbocycles. The fraction of sp³-hybridized carbons (Fsp3) is 0.133. The maximum atomic E-state index is 11.4. The molecule has 0 saturated carbocycles. The molecule has 2 rings (SSSR count). The number of ether oxygens (including phenoxy) is 2. The predicted molar refractivity (Wildman–Crippen MR) is 78.5 cm³/mol. The number of nitrogens with one attached hydrogen (secondary N) is 1. The number of nitrogens with two attached hydrogens (primary N) is 1. The highest BCUT2D eigenvalue weighted by molar-refractivity contribution is 5.92. The van der Waals surface area contributed by atoms with Gasteiger partial charge < -0.3 is 20.5 Å². The van der Waals surface area contributed by atoms with Crippen LogP contribution in [0.2, 0.25) is 0 Å². The summed E-state index contributed by atoms with van der Waals surface area (Å²) in [6.45, 7) is 0. The van der Waals surface area contributed by atoms with Gasteiger partial charge in [-0.05, 0) is 42.5 Å². The van der Waals surface area contributed by atoms with Crippen LogP contribution >= 0.6 is 0 Å². The number of hydrogen-bond acceptors (Lipinski definition) is 5. The first-order chi connectivity index (χ1) is 9.63. The van der Waals surface area contributed by atoms with Crippen LogP contribution in [0.25, 0.3) is 0 Å². The maximum absolute atomic E-state index is 11.4. The van der Waals surface area contributed by atoms with E-state index in [0.29, 0.717) is 11.3 Å². The number of carbonyl (C=O) groups is 1. The average molecular weight is 272 g/mol. The number of benzene rings is 2. The van der Waals surface area contributed by atoms with E-state index in [2.05, 4.69) is 10.1 Å². The van der Waals surface area contributed by atoms with Gasteiger partial charge >= 0.3 is 5.97 Å². The fourth-order valence-electron chi connectivity index (χ4n) is 1.75. The second-order valence-electron chi connectivity index (χ2n) is 4.15. The first kappa shape index (κ1) is 13.7. The first-order valence-electron chi connectivity index (χ1n) is 6.03. The summed E-state index contributed by atoms with van der Waals surface area (Å²) in [5.41, 5.74) is 8.42.